The Balaban J connectivity index is 1.27. The number of benzene rings is 7. The summed E-state index contributed by atoms with van der Waals surface area (Å²) in [7, 11) is 0. The molecule has 0 spiro atoms. The van der Waals surface area contributed by atoms with Crippen LogP contribution in [0, 0.1) is 0 Å². The Hall–Kier alpha value is -5.58. The quantitative estimate of drug-likeness (QED) is 0.194. The van der Waals surface area contributed by atoms with Crippen LogP contribution >= 0.6 is 11.6 Å². The number of furan rings is 1. The maximum Gasteiger partial charge on any atom is 0.164 e. The Morgan fingerprint density at radius 2 is 1.05 bits per heavy atom. The van der Waals surface area contributed by atoms with Crippen LogP contribution < -0.4 is 0 Å². The first-order chi connectivity index (χ1) is 21.7. The van der Waals surface area contributed by atoms with E-state index in [4.69, 9.17) is 31.0 Å². The third-order valence-electron chi connectivity index (χ3n) is 8.36. The molecule has 0 radical (unpaired) electrons. The minimum absolute atomic E-state index is 0.598. The highest BCUT2D eigenvalue weighted by molar-refractivity contribution is 6.36. The van der Waals surface area contributed by atoms with Crippen LogP contribution in [0.2, 0.25) is 5.02 Å². The topological polar surface area (TPSA) is 51.8 Å². The van der Waals surface area contributed by atoms with Crippen LogP contribution in [-0.4, -0.2) is 15.0 Å². The summed E-state index contributed by atoms with van der Waals surface area (Å²) in [4.78, 5) is 15.0. The zero-order valence-corrected chi connectivity index (χ0v) is 24.1. The Bertz CT molecular complexity index is 2570. The number of hydrogen-bond donors (Lipinski definition) is 0. The third-order valence-corrected chi connectivity index (χ3v) is 8.66. The first-order valence-corrected chi connectivity index (χ1v) is 14.8. The second-order valence-electron chi connectivity index (χ2n) is 11.0. The van der Waals surface area contributed by atoms with E-state index in [0.717, 1.165) is 49.2 Å². The maximum absolute atomic E-state index is 6.50. The molecule has 0 aliphatic carbocycles. The largest absolute Gasteiger partial charge is 0.454 e. The van der Waals surface area contributed by atoms with E-state index >= 15 is 0 Å². The standard InChI is InChI=1S/C39H22ClN3O/c40-33-12-6-11-31-35-32-22-28(16-14-24(32)18-20-34(35)44-36(31)33)39-42-37(25-8-2-1-3-9-25)41-38(43-39)27-17-19-30-26(21-27)15-13-23-7-4-5-10-29(23)30/h1-22H. The van der Waals surface area contributed by atoms with E-state index in [1.807, 2.05) is 48.5 Å². The van der Waals surface area contributed by atoms with Crippen molar-refractivity contribution in [2.45, 2.75) is 0 Å². The van der Waals surface area contributed by atoms with E-state index in [1.165, 1.54) is 16.2 Å². The van der Waals surface area contributed by atoms with Gasteiger partial charge in [0.05, 0.1) is 5.02 Å². The van der Waals surface area contributed by atoms with Gasteiger partial charge in [0.15, 0.2) is 23.1 Å². The smallest absolute Gasteiger partial charge is 0.164 e. The lowest BCUT2D eigenvalue weighted by Gasteiger charge is -2.10. The SMILES string of the molecule is Clc1cccc2c1oc1ccc3ccc(-c4nc(-c5ccccc5)nc(-c5ccc6c(ccc7ccccc76)c5)n4)cc3c12. The fourth-order valence-corrected chi connectivity index (χ4v) is 6.44. The molecule has 4 nitrogen and oxygen atoms in total. The lowest BCUT2D eigenvalue weighted by molar-refractivity contribution is 0.669. The monoisotopic (exact) mass is 583 g/mol. The van der Waals surface area contributed by atoms with Gasteiger partial charge in [-0.25, -0.2) is 15.0 Å². The number of hydrogen-bond acceptors (Lipinski definition) is 4. The molecular weight excluding hydrogens is 562 g/mol. The van der Waals surface area contributed by atoms with E-state index in [0.29, 0.717) is 28.1 Å². The summed E-state index contributed by atoms with van der Waals surface area (Å²) < 4.78 is 6.18. The van der Waals surface area contributed by atoms with Crippen LogP contribution in [-0.2, 0) is 0 Å². The normalized spacial score (nSPS) is 11.8. The van der Waals surface area contributed by atoms with Gasteiger partial charge in [0.1, 0.15) is 5.58 Å². The van der Waals surface area contributed by atoms with Crippen LogP contribution in [0.1, 0.15) is 0 Å². The van der Waals surface area contributed by atoms with Gasteiger partial charge in [-0.3, -0.25) is 0 Å². The lowest BCUT2D eigenvalue weighted by Crippen LogP contribution is -2.00. The summed E-state index contributed by atoms with van der Waals surface area (Å²) in [5.41, 5.74) is 4.26. The molecule has 0 saturated heterocycles. The number of halogens is 1. The van der Waals surface area contributed by atoms with E-state index in [2.05, 4.69) is 84.9 Å². The highest BCUT2D eigenvalue weighted by atomic mass is 35.5. The summed E-state index contributed by atoms with van der Waals surface area (Å²) in [5, 5.41) is 9.57. The zero-order valence-electron chi connectivity index (χ0n) is 23.3. The summed E-state index contributed by atoms with van der Waals surface area (Å²) in [6.45, 7) is 0. The molecule has 0 N–H and O–H groups in total. The van der Waals surface area contributed by atoms with Gasteiger partial charge in [0, 0.05) is 27.5 Å². The van der Waals surface area contributed by atoms with Gasteiger partial charge >= 0.3 is 0 Å². The van der Waals surface area contributed by atoms with Crippen LogP contribution in [0.15, 0.2) is 138 Å². The van der Waals surface area contributed by atoms with Gasteiger partial charge in [0.2, 0.25) is 0 Å². The summed E-state index contributed by atoms with van der Waals surface area (Å²) >= 11 is 6.50. The van der Waals surface area contributed by atoms with Crippen molar-refractivity contribution in [3.05, 3.63) is 138 Å². The van der Waals surface area contributed by atoms with Crippen molar-refractivity contribution in [2.24, 2.45) is 0 Å². The fraction of sp³-hybridized carbons (Fsp3) is 0. The molecule has 0 saturated carbocycles. The molecule has 206 valence electrons. The van der Waals surface area contributed by atoms with Gasteiger partial charge in [-0.1, -0.05) is 121 Å². The molecule has 7 aromatic carbocycles. The molecule has 0 amide bonds. The number of para-hydroxylation sites is 1. The molecule has 0 aliphatic heterocycles. The minimum atomic E-state index is 0.598. The van der Waals surface area contributed by atoms with Crippen molar-refractivity contribution in [3.63, 3.8) is 0 Å². The number of rotatable bonds is 3. The van der Waals surface area contributed by atoms with Crippen LogP contribution in [0.4, 0.5) is 0 Å². The summed E-state index contributed by atoms with van der Waals surface area (Å²) in [6.07, 6.45) is 0. The second-order valence-corrected chi connectivity index (χ2v) is 11.4. The molecule has 0 unspecified atom stereocenters. The molecule has 0 bridgehead atoms. The first kappa shape index (κ1) is 25.0. The van der Waals surface area contributed by atoms with E-state index in [9.17, 15) is 0 Å². The molecule has 0 fully saturated rings. The zero-order chi connectivity index (χ0) is 29.2. The molecule has 9 rings (SSSR count). The van der Waals surface area contributed by atoms with Crippen molar-refractivity contribution >= 4 is 65.9 Å². The molecule has 2 aromatic heterocycles. The Labute approximate surface area is 257 Å². The van der Waals surface area contributed by atoms with Crippen molar-refractivity contribution < 1.29 is 4.42 Å². The maximum atomic E-state index is 6.50. The highest BCUT2D eigenvalue weighted by Gasteiger charge is 2.16. The average molecular weight is 584 g/mol. The van der Waals surface area contributed by atoms with Gasteiger partial charge < -0.3 is 4.42 Å². The van der Waals surface area contributed by atoms with Gasteiger partial charge in [0.25, 0.3) is 0 Å². The first-order valence-electron chi connectivity index (χ1n) is 14.5. The Morgan fingerprint density at radius 3 is 1.91 bits per heavy atom. The highest BCUT2D eigenvalue weighted by Crippen LogP contribution is 2.39. The molecule has 2 heterocycles. The third kappa shape index (κ3) is 3.96. The van der Waals surface area contributed by atoms with E-state index < -0.39 is 0 Å². The number of nitrogens with zero attached hydrogens (tertiary/aromatic N) is 3. The van der Waals surface area contributed by atoms with Gasteiger partial charge in [-0.15, -0.1) is 0 Å². The van der Waals surface area contributed by atoms with Gasteiger partial charge in [-0.2, -0.15) is 0 Å². The van der Waals surface area contributed by atoms with Crippen molar-refractivity contribution in [2.75, 3.05) is 0 Å². The summed E-state index contributed by atoms with van der Waals surface area (Å²) in [5.74, 6) is 1.86. The fourth-order valence-electron chi connectivity index (χ4n) is 6.22. The van der Waals surface area contributed by atoms with Crippen molar-refractivity contribution in [3.8, 4) is 34.2 Å². The predicted molar refractivity (Wildman–Crippen MR) is 181 cm³/mol. The Kier molecular flexibility index (Phi) is 5.52. The lowest BCUT2D eigenvalue weighted by atomic mass is 10.00. The van der Waals surface area contributed by atoms with Crippen LogP contribution in [0.25, 0.3) is 88.4 Å². The van der Waals surface area contributed by atoms with Crippen molar-refractivity contribution in [1.29, 1.82) is 0 Å². The van der Waals surface area contributed by atoms with E-state index in [-0.39, 0.29) is 0 Å². The summed E-state index contributed by atoms with van der Waals surface area (Å²) in [6, 6.07) is 45.6. The van der Waals surface area contributed by atoms with E-state index in [1.54, 1.807) is 0 Å². The number of aromatic nitrogens is 3. The molecule has 9 aromatic rings. The molecule has 5 heteroatoms. The molecule has 0 atom stereocenters. The molecule has 0 aliphatic rings. The molecular formula is C39H22ClN3O. The van der Waals surface area contributed by atoms with Crippen LogP contribution in [0.3, 0.4) is 0 Å². The number of fused-ring (bicyclic) bond motifs is 8. The molecule has 44 heavy (non-hydrogen) atoms. The van der Waals surface area contributed by atoms with Crippen LogP contribution in [0.5, 0.6) is 0 Å². The Morgan fingerprint density at radius 1 is 0.432 bits per heavy atom. The van der Waals surface area contributed by atoms with Crippen molar-refractivity contribution in [1.82, 2.24) is 15.0 Å². The van der Waals surface area contributed by atoms with Gasteiger partial charge in [-0.05, 0) is 56.6 Å². The minimum Gasteiger partial charge on any atom is -0.454 e. The predicted octanol–water partition coefficient (Wildman–Crippen LogP) is 10.9. The average Bonchev–Trinajstić information content (AvgIpc) is 3.48. The second kappa shape index (κ2) is 9.73.